The molecular formula is C18H26N4O3S2. The van der Waals surface area contributed by atoms with Gasteiger partial charge in [0.15, 0.2) is 5.96 Å². The number of primary sulfonamides is 1. The molecule has 1 aromatic heterocycles. The minimum atomic E-state index is -3.66. The third-order valence-electron chi connectivity index (χ3n) is 3.62. The Hall–Kier alpha value is -2.10. The molecule has 0 amide bonds. The molecule has 0 aliphatic carbocycles. The maximum Gasteiger partial charge on any atom is 0.247 e. The summed E-state index contributed by atoms with van der Waals surface area (Å²) in [6, 6.07) is 9.32. The molecule has 148 valence electrons. The molecule has 0 aliphatic rings. The van der Waals surface area contributed by atoms with Crippen LogP contribution < -0.4 is 20.5 Å². The number of nitrogens with zero attached hydrogens (tertiary/aromatic N) is 1. The number of aryl methyl sites for hydroxylation is 1. The number of ether oxygens (including phenoxy) is 1. The monoisotopic (exact) mass is 410 g/mol. The van der Waals surface area contributed by atoms with E-state index in [-0.39, 0.29) is 4.21 Å². The van der Waals surface area contributed by atoms with E-state index in [1.807, 2.05) is 39.0 Å². The van der Waals surface area contributed by atoms with Crippen molar-refractivity contribution in [2.45, 2.75) is 38.1 Å². The smallest absolute Gasteiger partial charge is 0.247 e. The van der Waals surface area contributed by atoms with E-state index in [9.17, 15) is 8.42 Å². The van der Waals surface area contributed by atoms with Gasteiger partial charge in [-0.15, -0.1) is 11.3 Å². The molecule has 0 radical (unpaired) electrons. The van der Waals surface area contributed by atoms with Gasteiger partial charge in [0.25, 0.3) is 0 Å². The highest BCUT2D eigenvalue weighted by Crippen LogP contribution is 2.22. The highest BCUT2D eigenvalue weighted by molar-refractivity contribution is 7.91. The van der Waals surface area contributed by atoms with Crippen LogP contribution in [0.1, 0.15) is 29.9 Å². The molecule has 0 bridgehead atoms. The second-order valence-corrected chi connectivity index (χ2v) is 8.82. The molecule has 0 atom stereocenters. The van der Waals surface area contributed by atoms with Gasteiger partial charge in [0.2, 0.25) is 10.0 Å². The lowest BCUT2D eigenvalue weighted by Gasteiger charge is -2.12. The highest BCUT2D eigenvalue weighted by atomic mass is 32.2. The Bertz CT molecular complexity index is 892. The number of hydrogen-bond acceptors (Lipinski definition) is 5. The third kappa shape index (κ3) is 6.53. The van der Waals surface area contributed by atoms with Crippen LogP contribution in [0.3, 0.4) is 0 Å². The van der Waals surface area contributed by atoms with Gasteiger partial charge in [-0.1, -0.05) is 12.1 Å². The number of benzene rings is 1. The number of thiophene rings is 1. The summed E-state index contributed by atoms with van der Waals surface area (Å²) in [7, 11) is -3.66. The lowest BCUT2D eigenvalue weighted by molar-refractivity contribution is 0.336. The molecule has 2 rings (SSSR count). The van der Waals surface area contributed by atoms with Crippen LogP contribution in [-0.2, 0) is 23.1 Å². The number of nitrogens with one attached hydrogen (secondary N) is 2. The summed E-state index contributed by atoms with van der Waals surface area (Å²) in [6.45, 7) is 8.21. The van der Waals surface area contributed by atoms with Crippen molar-refractivity contribution in [3.8, 4) is 5.75 Å². The van der Waals surface area contributed by atoms with Gasteiger partial charge in [0.05, 0.1) is 19.7 Å². The predicted molar refractivity (Wildman–Crippen MR) is 110 cm³/mol. The Kier molecular flexibility index (Phi) is 7.64. The standard InChI is InChI=1S/C18H26N4O3S2/c1-4-20-18(22-12-15-8-9-17(26-15)27(19,23)24)21-11-14-7-6-13(3)10-16(14)25-5-2/h6-10H,4-5,11-12H2,1-3H3,(H2,19,23,24)(H2,20,21,22). The molecular weight excluding hydrogens is 384 g/mol. The summed E-state index contributed by atoms with van der Waals surface area (Å²) in [5.41, 5.74) is 2.15. The first-order valence-corrected chi connectivity index (χ1v) is 11.1. The maximum atomic E-state index is 11.4. The minimum absolute atomic E-state index is 0.155. The van der Waals surface area contributed by atoms with Crippen molar-refractivity contribution in [3.63, 3.8) is 0 Å². The Labute approximate surface area is 164 Å². The molecule has 0 saturated heterocycles. The minimum Gasteiger partial charge on any atom is -0.494 e. The number of hydrogen-bond donors (Lipinski definition) is 3. The lowest BCUT2D eigenvalue weighted by Crippen LogP contribution is -2.36. The van der Waals surface area contributed by atoms with Crippen LogP contribution in [0.2, 0.25) is 0 Å². The van der Waals surface area contributed by atoms with E-state index in [1.54, 1.807) is 6.07 Å². The van der Waals surface area contributed by atoms with Crippen molar-refractivity contribution in [1.82, 2.24) is 10.6 Å². The Balaban J connectivity index is 2.07. The molecule has 4 N–H and O–H groups in total. The quantitative estimate of drug-likeness (QED) is 0.458. The normalized spacial score (nSPS) is 12.1. The van der Waals surface area contributed by atoms with E-state index in [2.05, 4.69) is 15.6 Å². The molecule has 0 fully saturated rings. The molecule has 0 spiro atoms. The molecule has 0 aliphatic heterocycles. The lowest BCUT2D eigenvalue weighted by atomic mass is 10.1. The van der Waals surface area contributed by atoms with Gasteiger partial charge in [-0.2, -0.15) is 0 Å². The average Bonchev–Trinajstić information content (AvgIpc) is 3.08. The summed E-state index contributed by atoms with van der Waals surface area (Å²) in [6.07, 6.45) is 0. The van der Waals surface area contributed by atoms with Crippen molar-refractivity contribution in [2.75, 3.05) is 13.2 Å². The summed E-state index contributed by atoms with van der Waals surface area (Å²) in [5.74, 6) is 1.49. The Morgan fingerprint density at radius 1 is 1.22 bits per heavy atom. The van der Waals surface area contributed by atoms with Crippen LogP contribution in [0.4, 0.5) is 0 Å². The van der Waals surface area contributed by atoms with E-state index >= 15 is 0 Å². The van der Waals surface area contributed by atoms with Gasteiger partial charge in [0, 0.05) is 17.0 Å². The second kappa shape index (κ2) is 9.72. The van der Waals surface area contributed by atoms with Crippen molar-refractivity contribution in [2.24, 2.45) is 10.1 Å². The van der Waals surface area contributed by atoms with E-state index in [0.29, 0.717) is 32.2 Å². The molecule has 1 heterocycles. The molecule has 1 aromatic carbocycles. The summed E-state index contributed by atoms with van der Waals surface area (Å²) < 4.78 is 28.6. The van der Waals surface area contributed by atoms with Crippen molar-refractivity contribution >= 4 is 27.3 Å². The van der Waals surface area contributed by atoms with E-state index in [1.165, 1.54) is 6.07 Å². The number of guanidine groups is 1. The fourth-order valence-corrected chi connectivity index (χ4v) is 4.08. The number of aliphatic imine (C=N–C) groups is 1. The van der Waals surface area contributed by atoms with Gasteiger partial charge in [-0.3, -0.25) is 0 Å². The molecule has 0 saturated carbocycles. The van der Waals surface area contributed by atoms with Crippen LogP contribution in [0, 0.1) is 6.92 Å². The van der Waals surface area contributed by atoms with E-state index in [4.69, 9.17) is 9.88 Å². The molecule has 9 heteroatoms. The molecule has 7 nitrogen and oxygen atoms in total. The summed E-state index contributed by atoms with van der Waals surface area (Å²) in [4.78, 5) is 5.46. The highest BCUT2D eigenvalue weighted by Gasteiger charge is 2.11. The van der Waals surface area contributed by atoms with Crippen LogP contribution in [0.5, 0.6) is 5.75 Å². The first kappa shape index (κ1) is 21.2. The largest absolute Gasteiger partial charge is 0.494 e. The SMILES string of the molecule is CCNC(=NCc1ccc(C)cc1OCC)NCc1ccc(S(N)(=O)=O)s1. The second-order valence-electron chi connectivity index (χ2n) is 5.86. The molecule has 0 unspecified atom stereocenters. The predicted octanol–water partition coefficient (Wildman–Crippen LogP) is 2.36. The van der Waals surface area contributed by atoms with Crippen LogP contribution in [0.15, 0.2) is 39.5 Å². The first-order chi connectivity index (χ1) is 12.8. The van der Waals surface area contributed by atoms with Crippen LogP contribution >= 0.6 is 11.3 Å². The Morgan fingerprint density at radius 2 is 2.00 bits per heavy atom. The fraction of sp³-hybridized carbons (Fsp3) is 0.389. The van der Waals surface area contributed by atoms with Gasteiger partial charge < -0.3 is 15.4 Å². The van der Waals surface area contributed by atoms with E-state index in [0.717, 1.165) is 33.1 Å². The third-order valence-corrected chi connectivity index (χ3v) is 6.15. The zero-order valence-corrected chi connectivity index (χ0v) is 17.4. The van der Waals surface area contributed by atoms with Crippen LogP contribution in [0.25, 0.3) is 0 Å². The fourth-order valence-electron chi connectivity index (χ4n) is 2.37. The zero-order valence-electron chi connectivity index (χ0n) is 15.8. The van der Waals surface area contributed by atoms with Gasteiger partial charge >= 0.3 is 0 Å². The summed E-state index contributed by atoms with van der Waals surface area (Å²) in [5, 5.41) is 11.5. The van der Waals surface area contributed by atoms with Crippen molar-refractivity contribution in [3.05, 3.63) is 46.3 Å². The summed E-state index contributed by atoms with van der Waals surface area (Å²) >= 11 is 1.15. The van der Waals surface area contributed by atoms with Gasteiger partial charge in [0.1, 0.15) is 9.96 Å². The average molecular weight is 411 g/mol. The van der Waals surface area contributed by atoms with Crippen molar-refractivity contribution < 1.29 is 13.2 Å². The maximum absolute atomic E-state index is 11.4. The number of nitrogens with two attached hydrogens (primary N) is 1. The van der Waals surface area contributed by atoms with E-state index < -0.39 is 10.0 Å². The molecule has 27 heavy (non-hydrogen) atoms. The van der Waals surface area contributed by atoms with Gasteiger partial charge in [-0.05, 0) is 44.5 Å². The first-order valence-electron chi connectivity index (χ1n) is 8.69. The van der Waals surface area contributed by atoms with Crippen LogP contribution in [-0.4, -0.2) is 27.5 Å². The van der Waals surface area contributed by atoms with Crippen molar-refractivity contribution in [1.29, 1.82) is 0 Å². The van der Waals surface area contributed by atoms with Gasteiger partial charge in [-0.25, -0.2) is 18.5 Å². The number of rotatable bonds is 8. The Morgan fingerprint density at radius 3 is 2.63 bits per heavy atom. The topological polar surface area (TPSA) is 106 Å². The molecule has 2 aromatic rings. The number of sulfonamides is 1. The zero-order chi connectivity index (χ0) is 19.9.